The van der Waals surface area contributed by atoms with Gasteiger partial charge in [0.05, 0.1) is 18.6 Å². The fourth-order valence-corrected chi connectivity index (χ4v) is 1.91. The second-order valence-electron chi connectivity index (χ2n) is 4.39. The molecule has 0 fully saturated rings. The highest BCUT2D eigenvalue weighted by molar-refractivity contribution is 6.04. The molecule has 1 aromatic carbocycles. The molecular formula is C14H17N3O4. The van der Waals surface area contributed by atoms with E-state index in [0.29, 0.717) is 37.0 Å². The quantitative estimate of drug-likeness (QED) is 0.625. The summed E-state index contributed by atoms with van der Waals surface area (Å²) in [5.41, 5.74) is -0.124. The van der Waals surface area contributed by atoms with Crippen LogP contribution in [0.1, 0.15) is 16.9 Å². The Kier molecular flexibility index (Phi) is 5.42. The SMILES string of the molecule is O=C(NCCCOCCO)c1n[nH]c(=O)c2ccccc12. The molecule has 21 heavy (non-hydrogen) atoms. The Morgan fingerprint density at radius 1 is 1.29 bits per heavy atom. The number of aromatic nitrogens is 2. The number of nitrogens with zero attached hydrogens (tertiary/aromatic N) is 1. The van der Waals surface area contributed by atoms with E-state index in [-0.39, 0.29) is 23.8 Å². The molecule has 0 saturated carbocycles. The summed E-state index contributed by atoms with van der Waals surface area (Å²) in [7, 11) is 0. The number of benzene rings is 1. The van der Waals surface area contributed by atoms with Crippen molar-refractivity contribution in [2.45, 2.75) is 6.42 Å². The van der Waals surface area contributed by atoms with Crippen molar-refractivity contribution in [2.75, 3.05) is 26.4 Å². The van der Waals surface area contributed by atoms with Gasteiger partial charge in [-0.05, 0) is 12.5 Å². The Hall–Kier alpha value is -2.25. The summed E-state index contributed by atoms with van der Waals surface area (Å²) in [6, 6.07) is 6.83. The highest BCUT2D eigenvalue weighted by Gasteiger charge is 2.13. The van der Waals surface area contributed by atoms with Crippen LogP contribution in [0.3, 0.4) is 0 Å². The van der Waals surface area contributed by atoms with Gasteiger partial charge < -0.3 is 15.2 Å². The van der Waals surface area contributed by atoms with Gasteiger partial charge in [0.15, 0.2) is 5.69 Å². The van der Waals surface area contributed by atoms with Gasteiger partial charge in [0.25, 0.3) is 11.5 Å². The van der Waals surface area contributed by atoms with Crippen LogP contribution >= 0.6 is 0 Å². The lowest BCUT2D eigenvalue weighted by atomic mass is 10.1. The van der Waals surface area contributed by atoms with E-state index in [1.807, 2.05) is 0 Å². The average Bonchev–Trinajstić information content (AvgIpc) is 2.51. The third kappa shape index (κ3) is 3.87. The Morgan fingerprint density at radius 2 is 2.05 bits per heavy atom. The van der Waals surface area contributed by atoms with E-state index in [9.17, 15) is 9.59 Å². The molecule has 0 saturated heterocycles. The minimum atomic E-state index is -0.343. The molecule has 0 aliphatic heterocycles. The van der Waals surface area contributed by atoms with Crippen molar-refractivity contribution in [1.29, 1.82) is 0 Å². The first-order chi connectivity index (χ1) is 10.2. The number of amides is 1. The third-order valence-corrected chi connectivity index (χ3v) is 2.90. The lowest BCUT2D eigenvalue weighted by Crippen LogP contribution is -2.28. The number of ether oxygens (including phenoxy) is 1. The maximum absolute atomic E-state index is 12.1. The number of hydrogen-bond donors (Lipinski definition) is 3. The second kappa shape index (κ2) is 7.51. The van der Waals surface area contributed by atoms with Crippen molar-refractivity contribution in [2.24, 2.45) is 0 Å². The van der Waals surface area contributed by atoms with Crippen LogP contribution in [0, 0.1) is 0 Å². The topological polar surface area (TPSA) is 104 Å². The van der Waals surface area contributed by atoms with E-state index < -0.39 is 0 Å². The third-order valence-electron chi connectivity index (χ3n) is 2.90. The van der Waals surface area contributed by atoms with E-state index in [1.54, 1.807) is 24.3 Å². The molecule has 2 aromatic rings. The van der Waals surface area contributed by atoms with Gasteiger partial charge >= 0.3 is 0 Å². The largest absolute Gasteiger partial charge is 0.394 e. The van der Waals surface area contributed by atoms with Gasteiger partial charge in [0.1, 0.15) is 0 Å². The smallest absolute Gasteiger partial charge is 0.272 e. The molecular weight excluding hydrogens is 274 g/mol. The van der Waals surface area contributed by atoms with Gasteiger partial charge in [-0.3, -0.25) is 9.59 Å². The van der Waals surface area contributed by atoms with Gasteiger partial charge in [0, 0.05) is 18.5 Å². The zero-order valence-corrected chi connectivity index (χ0v) is 11.5. The Balaban J connectivity index is 2.00. The van der Waals surface area contributed by atoms with Crippen LogP contribution in [-0.4, -0.2) is 47.6 Å². The molecule has 7 nitrogen and oxygen atoms in total. The molecule has 0 aliphatic rings. The summed E-state index contributed by atoms with van der Waals surface area (Å²) in [5, 5.41) is 18.4. The first-order valence-corrected chi connectivity index (χ1v) is 6.68. The lowest BCUT2D eigenvalue weighted by molar-refractivity contribution is 0.0866. The van der Waals surface area contributed by atoms with E-state index in [1.165, 1.54) is 0 Å². The zero-order valence-electron chi connectivity index (χ0n) is 11.5. The maximum Gasteiger partial charge on any atom is 0.272 e. The summed E-state index contributed by atoms with van der Waals surface area (Å²) in [4.78, 5) is 23.7. The molecule has 0 atom stereocenters. The van der Waals surface area contributed by atoms with E-state index in [2.05, 4.69) is 15.5 Å². The summed E-state index contributed by atoms with van der Waals surface area (Å²) in [5.74, 6) is -0.343. The van der Waals surface area contributed by atoms with E-state index >= 15 is 0 Å². The van der Waals surface area contributed by atoms with Crippen molar-refractivity contribution < 1.29 is 14.6 Å². The number of nitrogens with one attached hydrogen (secondary N) is 2. The van der Waals surface area contributed by atoms with Gasteiger partial charge in [-0.2, -0.15) is 5.10 Å². The van der Waals surface area contributed by atoms with Crippen LogP contribution in [0.5, 0.6) is 0 Å². The molecule has 7 heteroatoms. The number of aliphatic hydroxyl groups excluding tert-OH is 1. The summed E-state index contributed by atoms with van der Waals surface area (Å²) < 4.78 is 5.09. The Bertz CT molecular complexity index is 669. The van der Waals surface area contributed by atoms with Crippen LogP contribution in [0.2, 0.25) is 0 Å². The van der Waals surface area contributed by atoms with Gasteiger partial charge in [-0.25, -0.2) is 5.10 Å². The summed E-state index contributed by atoms with van der Waals surface area (Å²) in [6.45, 7) is 1.17. The lowest BCUT2D eigenvalue weighted by Gasteiger charge is -2.07. The molecule has 2 rings (SSSR count). The van der Waals surface area contributed by atoms with Crippen molar-refractivity contribution in [3.63, 3.8) is 0 Å². The number of H-pyrrole nitrogens is 1. The highest BCUT2D eigenvalue weighted by atomic mass is 16.5. The van der Waals surface area contributed by atoms with Crippen molar-refractivity contribution in [3.8, 4) is 0 Å². The zero-order chi connectivity index (χ0) is 15.1. The van der Waals surface area contributed by atoms with Crippen LogP contribution in [-0.2, 0) is 4.74 Å². The normalized spacial score (nSPS) is 10.7. The molecule has 3 N–H and O–H groups in total. The molecule has 0 aliphatic carbocycles. The van der Waals surface area contributed by atoms with Gasteiger partial charge in [-0.15, -0.1) is 0 Å². The Morgan fingerprint density at radius 3 is 2.81 bits per heavy atom. The van der Waals surface area contributed by atoms with Crippen molar-refractivity contribution in [3.05, 3.63) is 40.3 Å². The minimum Gasteiger partial charge on any atom is -0.394 e. The summed E-state index contributed by atoms with van der Waals surface area (Å²) in [6.07, 6.45) is 0.632. The van der Waals surface area contributed by atoms with E-state index in [4.69, 9.17) is 9.84 Å². The molecule has 1 heterocycles. The number of aromatic amines is 1. The fraction of sp³-hybridized carbons (Fsp3) is 0.357. The molecule has 0 radical (unpaired) electrons. The maximum atomic E-state index is 12.1. The van der Waals surface area contributed by atoms with Crippen LogP contribution in [0.4, 0.5) is 0 Å². The number of carbonyl (C=O) groups is 1. The van der Waals surface area contributed by atoms with Gasteiger partial charge in [-0.1, -0.05) is 18.2 Å². The molecule has 0 unspecified atom stereocenters. The predicted octanol–water partition coefficient (Wildman–Crippen LogP) is 0.0519. The second-order valence-corrected chi connectivity index (χ2v) is 4.39. The van der Waals surface area contributed by atoms with Crippen molar-refractivity contribution in [1.82, 2.24) is 15.5 Å². The fourth-order valence-electron chi connectivity index (χ4n) is 1.91. The number of fused-ring (bicyclic) bond motifs is 1. The number of carbonyl (C=O) groups excluding carboxylic acids is 1. The first-order valence-electron chi connectivity index (χ1n) is 6.68. The first kappa shape index (κ1) is 15.1. The predicted molar refractivity (Wildman–Crippen MR) is 77.2 cm³/mol. The average molecular weight is 291 g/mol. The Labute approximate surface area is 120 Å². The molecule has 0 spiro atoms. The van der Waals surface area contributed by atoms with Crippen LogP contribution in [0.25, 0.3) is 10.8 Å². The summed E-state index contributed by atoms with van der Waals surface area (Å²) >= 11 is 0. The monoisotopic (exact) mass is 291 g/mol. The molecule has 112 valence electrons. The van der Waals surface area contributed by atoms with Crippen LogP contribution in [0.15, 0.2) is 29.1 Å². The standard InChI is InChI=1S/C14H17N3O4/c18-7-9-21-8-3-6-15-14(20)12-10-4-1-2-5-11(10)13(19)17-16-12/h1-2,4-5,18H,3,6-9H2,(H,15,20)(H,17,19). The molecule has 1 aromatic heterocycles. The minimum absolute atomic E-state index is 0.0142. The van der Waals surface area contributed by atoms with Crippen LogP contribution < -0.4 is 10.9 Å². The molecule has 1 amide bonds. The van der Waals surface area contributed by atoms with E-state index in [0.717, 1.165) is 0 Å². The molecule has 0 bridgehead atoms. The van der Waals surface area contributed by atoms with Gasteiger partial charge in [0.2, 0.25) is 0 Å². The number of rotatable bonds is 7. The van der Waals surface area contributed by atoms with Crippen molar-refractivity contribution >= 4 is 16.7 Å². The number of hydrogen-bond acceptors (Lipinski definition) is 5. The highest BCUT2D eigenvalue weighted by Crippen LogP contribution is 2.11. The number of aliphatic hydroxyl groups is 1.